The van der Waals surface area contributed by atoms with E-state index in [0.29, 0.717) is 6.04 Å². The maximum absolute atomic E-state index is 5.92. The van der Waals surface area contributed by atoms with Gasteiger partial charge in [0.05, 0.1) is 5.52 Å². The fraction of sp³-hybridized carbons (Fsp3) is 0.438. The van der Waals surface area contributed by atoms with E-state index in [2.05, 4.69) is 41.2 Å². The standard InChI is InChI=1S/C16H21N3/c1-19(15(10-17)12-7-8-12)11-14-5-2-4-13-6-3-9-18-16(13)14/h2-6,9,12,15H,7-8,10-11,17H2,1H3. The Bertz CT molecular complexity index is 557. The van der Waals surface area contributed by atoms with Crippen molar-refractivity contribution >= 4 is 10.9 Å². The van der Waals surface area contributed by atoms with Gasteiger partial charge < -0.3 is 5.73 Å². The summed E-state index contributed by atoms with van der Waals surface area (Å²) in [5.41, 5.74) is 8.33. The molecule has 0 spiro atoms. The first-order chi connectivity index (χ1) is 9.29. The normalized spacial score (nSPS) is 17.0. The highest BCUT2D eigenvalue weighted by atomic mass is 15.1. The minimum absolute atomic E-state index is 0.513. The van der Waals surface area contributed by atoms with Crippen molar-refractivity contribution in [1.29, 1.82) is 0 Å². The average Bonchev–Trinajstić information content (AvgIpc) is 3.25. The van der Waals surface area contributed by atoms with Crippen LogP contribution in [0.25, 0.3) is 10.9 Å². The van der Waals surface area contributed by atoms with Crippen molar-refractivity contribution in [2.45, 2.75) is 25.4 Å². The molecule has 1 heterocycles. The molecule has 1 aliphatic carbocycles. The maximum atomic E-state index is 5.92. The van der Waals surface area contributed by atoms with Gasteiger partial charge in [-0.3, -0.25) is 9.88 Å². The molecule has 0 radical (unpaired) electrons. The van der Waals surface area contributed by atoms with Gasteiger partial charge in [0.1, 0.15) is 0 Å². The summed E-state index contributed by atoms with van der Waals surface area (Å²) in [7, 11) is 2.18. The average molecular weight is 255 g/mol. The zero-order valence-electron chi connectivity index (χ0n) is 11.4. The van der Waals surface area contributed by atoms with Gasteiger partial charge in [0, 0.05) is 30.7 Å². The lowest BCUT2D eigenvalue weighted by molar-refractivity contribution is 0.216. The van der Waals surface area contributed by atoms with E-state index in [1.165, 1.54) is 23.8 Å². The summed E-state index contributed by atoms with van der Waals surface area (Å²) >= 11 is 0. The first-order valence-electron chi connectivity index (χ1n) is 7.02. The van der Waals surface area contributed by atoms with Gasteiger partial charge >= 0.3 is 0 Å². The molecule has 1 fully saturated rings. The van der Waals surface area contributed by atoms with Crippen LogP contribution in [0.4, 0.5) is 0 Å². The second kappa shape index (κ2) is 5.27. The molecule has 19 heavy (non-hydrogen) atoms. The van der Waals surface area contributed by atoms with Crippen molar-refractivity contribution in [2.24, 2.45) is 11.7 Å². The molecule has 3 nitrogen and oxygen atoms in total. The van der Waals surface area contributed by atoms with Crippen LogP contribution >= 0.6 is 0 Å². The number of nitrogens with zero attached hydrogens (tertiary/aromatic N) is 2. The molecule has 100 valence electrons. The first-order valence-corrected chi connectivity index (χ1v) is 7.02. The molecule has 1 aromatic heterocycles. The van der Waals surface area contributed by atoms with Crippen LogP contribution in [0.5, 0.6) is 0 Å². The molecule has 0 saturated heterocycles. The van der Waals surface area contributed by atoms with E-state index in [9.17, 15) is 0 Å². The van der Waals surface area contributed by atoms with Gasteiger partial charge in [-0.05, 0) is 37.4 Å². The van der Waals surface area contributed by atoms with Gasteiger partial charge in [-0.1, -0.05) is 24.3 Å². The van der Waals surface area contributed by atoms with Crippen LogP contribution in [-0.2, 0) is 6.54 Å². The number of para-hydroxylation sites is 1. The minimum atomic E-state index is 0.513. The maximum Gasteiger partial charge on any atom is 0.0746 e. The summed E-state index contributed by atoms with van der Waals surface area (Å²) in [5.74, 6) is 0.804. The SMILES string of the molecule is CN(Cc1cccc2cccnc12)C(CN)C1CC1. The smallest absolute Gasteiger partial charge is 0.0746 e. The number of benzene rings is 1. The first kappa shape index (κ1) is 12.6. The molecule has 2 aromatic rings. The summed E-state index contributed by atoms with van der Waals surface area (Å²) in [5, 5.41) is 1.21. The lowest BCUT2D eigenvalue weighted by Gasteiger charge is -2.27. The highest BCUT2D eigenvalue weighted by Gasteiger charge is 2.32. The molecule has 1 aromatic carbocycles. The summed E-state index contributed by atoms with van der Waals surface area (Å²) < 4.78 is 0. The molecule has 0 aliphatic heterocycles. The molecule has 0 amide bonds. The van der Waals surface area contributed by atoms with Crippen LogP contribution in [0.15, 0.2) is 36.5 Å². The topological polar surface area (TPSA) is 42.2 Å². The number of nitrogens with two attached hydrogens (primary N) is 1. The molecule has 2 N–H and O–H groups in total. The van der Waals surface area contributed by atoms with Crippen molar-refractivity contribution < 1.29 is 0 Å². The van der Waals surface area contributed by atoms with E-state index in [1.54, 1.807) is 0 Å². The fourth-order valence-corrected chi connectivity index (χ4v) is 2.89. The number of rotatable bonds is 5. The van der Waals surface area contributed by atoms with Crippen LogP contribution in [0.1, 0.15) is 18.4 Å². The second-order valence-corrected chi connectivity index (χ2v) is 5.55. The second-order valence-electron chi connectivity index (χ2n) is 5.55. The number of hydrogen-bond donors (Lipinski definition) is 1. The molecule has 0 bridgehead atoms. The number of pyridine rings is 1. The molecule has 1 aliphatic rings. The van der Waals surface area contributed by atoms with E-state index in [4.69, 9.17) is 5.73 Å². The largest absolute Gasteiger partial charge is 0.329 e. The van der Waals surface area contributed by atoms with Crippen molar-refractivity contribution in [3.05, 3.63) is 42.1 Å². The third-order valence-electron chi connectivity index (χ3n) is 4.11. The minimum Gasteiger partial charge on any atom is -0.329 e. The Morgan fingerprint density at radius 3 is 2.84 bits per heavy atom. The van der Waals surface area contributed by atoms with Gasteiger partial charge in [-0.25, -0.2) is 0 Å². The van der Waals surface area contributed by atoms with Gasteiger partial charge in [0.25, 0.3) is 0 Å². The highest BCUT2D eigenvalue weighted by molar-refractivity contribution is 5.81. The predicted octanol–water partition coefficient (Wildman–Crippen LogP) is 2.40. The quantitative estimate of drug-likeness (QED) is 0.892. The lowest BCUT2D eigenvalue weighted by Crippen LogP contribution is -2.39. The Kier molecular flexibility index (Phi) is 3.49. The third-order valence-corrected chi connectivity index (χ3v) is 4.11. The zero-order valence-corrected chi connectivity index (χ0v) is 11.4. The fourth-order valence-electron chi connectivity index (χ4n) is 2.89. The molecule has 1 saturated carbocycles. The lowest BCUT2D eigenvalue weighted by atomic mass is 10.1. The summed E-state index contributed by atoms with van der Waals surface area (Å²) in [6, 6.07) is 11.0. The van der Waals surface area contributed by atoms with Crippen LogP contribution in [0, 0.1) is 5.92 Å². The van der Waals surface area contributed by atoms with E-state index in [1.807, 2.05) is 12.3 Å². The summed E-state index contributed by atoms with van der Waals surface area (Å²) in [6.07, 6.45) is 4.53. The zero-order chi connectivity index (χ0) is 13.2. The van der Waals surface area contributed by atoms with Gasteiger partial charge in [-0.2, -0.15) is 0 Å². The Morgan fingerprint density at radius 2 is 2.11 bits per heavy atom. The molecule has 3 heteroatoms. The van der Waals surface area contributed by atoms with Crippen molar-refractivity contribution in [2.75, 3.05) is 13.6 Å². The van der Waals surface area contributed by atoms with Gasteiger partial charge in [0.2, 0.25) is 0 Å². The number of hydrogen-bond acceptors (Lipinski definition) is 3. The Hall–Kier alpha value is -1.45. The van der Waals surface area contributed by atoms with Crippen LogP contribution < -0.4 is 5.73 Å². The van der Waals surface area contributed by atoms with Crippen LogP contribution in [0.2, 0.25) is 0 Å². The summed E-state index contributed by atoms with van der Waals surface area (Å²) in [4.78, 5) is 6.91. The molecular formula is C16H21N3. The molecule has 1 atom stereocenters. The monoisotopic (exact) mass is 255 g/mol. The van der Waals surface area contributed by atoms with Crippen LogP contribution in [-0.4, -0.2) is 29.5 Å². The molecular weight excluding hydrogens is 234 g/mol. The van der Waals surface area contributed by atoms with E-state index < -0.39 is 0 Å². The number of aromatic nitrogens is 1. The molecule has 1 unspecified atom stereocenters. The van der Waals surface area contributed by atoms with E-state index in [0.717, 1.165) is 24.5 Å². The number of likely N-dealkylation sites (N-methyl/N-ethyl adjacent to an activating group) is 1. The van der Waals surface area contributed by atoms with Crippen LogP contribution in [0.3, 0.4) is 0 Å². The van der Waals surface area contributed by atoms with Crippen molar-refractivity contribution in [3.63, 3.8) is 0 Å². The third kappa shape index (κ3) is 2.62. The highest BCUT2D eigenvalue weighted by Crippen LogP contribution is 2.35. The Morgan fingerprint density at radius 1 is 1.32 bits per heavy atom. The Labute approximate surface area is 114 Å². The number of fused-ring (bicyclic) bond motifs is 1. The van der Waals surface area contributed by atoms with Gasteiger partial charge in [0.15, 0.2) is 0 Å². The summed E-state index contributed by atoms with van der Waals surface area (Å²) in [6.45, 7) is 1.67. The van der Waals surface area contributed by atoms with Crippen molar-refractivity contribution in [1.82, 2.24) is 9.88 Å². The van der Waals surface area contributed by atoms with Gasteiger partial charge in [-0.15, -0.1) is 0 Å². The van der Waals surface area contributed by atoms with E-state index >= 15 is 0 Å². The Balaban J connectivity index is 1.84. The van der Waals surface area contributed by atoms with Crippen molar-refractivity contribution in [3.8, 4) is 0 Å². The molecule has 3 rings (SSSR count). The predicted molar refractivity (Wildman–Crippen MR) is 78.8 cm³/mol. The van der Waals surface area contributed by atoms with E-state index in [-0.39, 0.29) is 0 Å².